The zero-order valence-electron chi connectivity index (χ0n) is 20.1. The van der Waals surface area contributed by atoms with E-state index in [0.717, 1.165) is 17.1 Å². The molecule has 1 aliphatic rings. The van der Waals surface area contributed by atoms with Crippen LogP contribution >= 0.6 is 22.8 Å². The second-order valence-corrected chi connectivity index (χ2v) is 12.0. The van der Waals surface area contributed by atoms with E-state index in [2.05, 4.69) is 22.5 Å². The van der Waals surface area contributed by atoms with Crippen LogP contribution in [0.2, 0.25) is 0 Å². The maximum Gasteiger partial charge on any atom is 0.170 e. The molecule has 1 atom stereocenters. The van der Waals surface area contributed by atoms with E-state index in [-0.39, 0.29) is 18.4 Å². The highest BCUT2D eigenvalue weighted by Crippen LogP contribution is 2.58. The van der Waals surface area contributed by atoms with Crippen molar-refractivity contribution in [2.24, 2.45) is 0 Å². The van der Waals surface area contributed by atoms with Crippen molar-refractivity contribution in [2.75, 3.05) is 49.4 Å². The van der Waals surface area contributed by atoms with Crippen LogP contribution in [-0.2, 0) is 9.48 Å². The van der Waals surface area contributed by atoms with E-state index >= 15 is 0 Å². The Morgan fingerprint density at radius 3 is 2.59 bits per heavy atom. The van der Waals surface area contributed by atoms with E-state index in [1.165, 1.54) is 0 Å². The fourth-order valence-electron chi connectivity index (χ4n) is 3.67. The van der Waals surface area contributed by atoms with Gasteiger partial charge in [-0.3, -0.25) is 9.11 Å². The number of hydrogen-bond donors (Lipinski definition) is 5. The first kappa shape index (κ1) is 26.6. The van der Waals surface area contributed by atoms with Gasteiger partial charge in [0.25, 0.3) is 0 Å². The minimum absolute atomic E-state index is 0.102. The van der Waals surface area contributed by atoms with Crippen LogP contribution in [0.15, 0.2) is 30.3 Å². The number of morpholine rings is 1. The summed E-state index contributed by atoms with van der Waals surface area (Å²) in [6, 6.07) is 9.57. The quantitative estimate of drug-likeness (QED) is 0.337. The van der Waals surface area contributed by atoms with Gasteiger partial charge in [0.1, 0.15) is 5.82 Å². The van der Waals surface area contributed by atoms with E-state index in [1.807, 2.05) is 30.3 Å². The van der Waals surface area contributed by atoms with E-state index in [9.17, 15) is 14.2 Å². The number of aliphatic hydroxyl groups is 1. The highest BCUT2D eigenvalue weighted by atomic mass is 32.3. The van der Waals surface area contributed by atoms with Crippen LogP contribution < -0.4 is 15.5 Å². The molecule has 0 aliphatic carbocycles. The Labute approximate surface area is 208 Å². The minimum Gasteiger partial charge on any atom is -0.396 e. The first-order valence-corrected chi connectivity index (χ1v) is 13.4. The van der Waals surface area contributed by atoms with Crippen molar-refractivity contribution in [2.45, 2.75) is 38.0 Å². The second-order valence-electron chi connectivity index (χ2n) is 8.79. The molecule has 0 radical (unpaired) electrons. The van der Waals surface area contributed by atoms with E-state index in [0.29, 0.717) is 42.8 Å². The first-order chi connectivity index (χ1) is 16.1. The van der Waals surface area contributed by atoms with Crippen molar-refractivity contribution in [1.29, 1.82) is 0 Å². The molecule has 11 heteroatoms. The predicted molar refractivity (Wildman–Crippen MR) is 143 cm³/mol. The van der Waals surface area contributed by atoms with E-state index in [1.54, 1.807) is 20.9 Å². The van der Waals surface area contributed by atoms with Crippen LogP contribution in [0, 0.1) is 0 Å². The van der Waals surface area contributed by atoms with E-state index in [4.69, 9.17) is 26.9 Å². The molecule has 188 valence electrons. The van der Waals surface area contributed by atoms with Crippen LogP contribution in [0.25, 0.3) is 11.4 Å². The van der Waals surface area contributed by atoms with Gasteiger partial charge in [0.15, 0.2) is 10.9 Å². The summed E-state index contributed by atoms with van der Waals surface area (Å²) in [5, 5.41) is 15.7. The lowest BCUT2D eigenvalue weighted by molar-refractivity contribution is 0.0985. The molecule has 1 saturated heterocycles. The Bertz CT molecular complexity index is 988. The molecule has 0 bridgehead atoms. The minimum atomic E-state index is -3.08. The van der Waals surface area contributed by atoms with E-state index < -0.39 is 15.3 Å². The number of anilines is 2. The average molecular weight is 510 g/mol. The van der Waals surface area contributed by atoms with Crippen molar-refractivity contribution >= 4 is 39.4 Å². The molecule has 9 nitrogen and oxygen atoms in total. The summed E-state index contributed by atoms with van der Waals surface area (Å²) in [6.07, 6.45) is 0.306. The first-order valence-electron chi connectivity index (χ1n) is 11.3. The van der Waals surface area contributed by atoms with Gasteiger partial charge in [0.05, 0.1) is 29.7 Å². The molecule has 0 saturated carbocycles. The summed E-state index contributed by atoms with van der Waals surface area (Å²) in [5.74, 6) is 1.32. The molecule has 0 amide bonds. The van der Waals surface area contributed by atoms with Crippen molar-refractivity contribution < 1.29 is 18.9 Å². The van der Waals surface area contributed by atoms with Gasteiger partial charge < -0.3 is 25.4 Å². The number of rotatable bonds is 8. The number of nitrogens with zero attached hydrogens (tertiary/aromatic N) is 3. The third-order valence-corrected chi connectivity index (χ3v) is 9.03. The standard InChI is InChI=1S/C23H35N5O4S2/c1-16-15-32-12-10-28(16)20-14-19(23(2,3)34(30,31)13-5-11-29)26-21(27-20)17-6-8-18(9-7-17)25-22(33)24-4/h6-9,14,16,29-31H,5,10-13,15H2,1-4H3,(H2,24,25,33)/t16-/m0/s1. The SMILES string of the molecule is CNC(=S)Nc1ccc(-c2nc(N3CCOC[C@@H]3C)cc(C(C)(C)S(O)(O)CCCO)n2)cc1. The molecular weight excluding hydrogens is 474 g/mol. The number of aliphatic hydroxyl groups excluding tert-OH is 1. The maximum absolute atomic E-state index is 11.0. The second kappa shape index (κ2) is 11.1. The van der Waals surface area contributed by atoms with Gasteiger partial charge in [-0.15, -0.1) is 0 Å². The molecule has 1 aromatic heterocycles. The van der Waals surface area contributed by atoms with Crippen LogP contribution in [-0.4, -0.2) is 74.5 Å². The summed E-state index contributed by atoms with van der Waals surface area (Å²) >= 11 is 5.16. The lowest BCUT2D eigenvalue weighted by Crippen LogP contribution is -2.44. The lowest BCUT2D eigenvalue weighted by Gasteiger charge is -2.46. The molecular formula is C23H35N5O4S2. The van der Waals surface area contributed by atoms with Gasteiger partial charge in [0, 0.05) is 43.3 Å². The van der Waals surface area contributed by atoms with Crippen molar-refractivity contribution in [3.05, 3.63) is 36.0 Å². The van der Waals surface area contributed by atoms with Gasteiger partial charge in [-0.05, 0) is 63.7 Å². The topological polar surface area (TPSA) is 123 Å². The van der Waals surface area contributed by atoms with Gasteiger partial charge in [0.2, 0.25) is 0 Å². The highest BCUT2D eigenvalue weighted by Gasteiger charge is 2.38. The number of aromatic nitrogens is 2. The molecule has 3 rings (SSSR count). The maximum atomic E-state index is 11.0. The fourth-order valence-corrected chi connectivity index (χ4v) is 5.27. The highest BCUT2D eigenvalue weighted by molar-refractivity contribution is 8.25. The van der Waals surface area contributed by atoms with Gasteiger partial charge >= 0.3 is 0 Å². The lowest BCUT2D eigenvalue weighted by atomic mass is 10.1. The Balaban J connectivity index is 2.05. The Kier molecular flexibility index (Phi) is 8.72. The summed E-state index contributed by atoms with van der Waals surface area (Å²) in [6.45, 7) is 7.41. The number of benzene rings is 1. The van der Waals surface area contributed by atoms with Crippen LogP contribution in [0.3, 0.4) is 0 Å². The molecule has 2 aromatic rings. The number of thiocarbonyl (C=S) groups is 1. The molecule has 1 aromatic carbocycles. The smallest absolute Gasteiger partial charge is 0.170 e. The zero-order valence-corrected chi connectivity index (χ0v) is 21.7. The molecule has 0 spiro atoms. The molecule has 2 heterocycles. The molecule has 34 heavy (non-hydrogen) atoms. The molecule has 1 fully saturated rings. The largest absolute Gasteiger partial charge is 0.396 e. The number of nitrogens with one attached hydrogen (secondary N) is 2. The third kappa shape index (κ3) is 5.96. The summed E-state index contributed by atoms with van der Waals surface area (Å²) in [4.78, 5) is 11.8. The Morgan fingerprint density at radius 2 is 1.97 bits per heavy atom. The van der Waals surface area contributed by atoms with Crippen LogP contribution in [0.4, 0.5) is 11.5 Å². The fraction of sp³-hybridized carbons (Fsp3) is 0.522. The van der Waals surface area contributed by atoms with Crippen molar-refractivity contribution in [3.8, 4) is 11.4 Å². The molecule has 1 aliphatic heterocycles. The summed E-state index contributed by atoms with van der Waals surface area (Å²) < 4.78 is 26.5. The van der Waals surface area contributed by atoms with Crippen LogP contribution in [0.5, 0.6) is 0 Å². The summed E-state index contributed by atoms with van der Waals surface area (Å²) in [5.41, 5.74) is 2.18. The van der Waals surface area contributed by atoms with Crippen LogP contribution in [0.1, 0.15) is 32.9 Å². The van der Waals surface area contributed by atoms with Crippen molar-refractivity contribution in [3.63, 3.8) is 0 Å². The van der Waals surface area contributed by atoms with Gasteiger partial charge in [-0.2, -0.15) is 10.6 Å². The van der Waals surface area contributed by atoms with Gasteiger partial charge in [-0.25, -0.2) is 9.97 Å². The number of ether oxygens (including phenoxy) is 1. The average Bonchev–Trinajstić information content (AvgIpc) is 2.83. The monoisotopic (exact) mass is 509 g/mol. The third-order valence-electron chi connectivity index (χ3n) is 6.02. The normalized spacial score (nSPS) is 17.4. The zero-order chi connectivity index (χ0) is 24.9. The summed E-state index contributed by atoms with van der Waals surface area (Å²) in [7, 11) is -1.33. The Morgan fingerprint density at radius 1 is 1.26 bits per heavy atom. The Hall–Kier alpha value is -2.02. The molecule has 5 N–H and O–H groups in total. The number of hydrogen-bond acceptors (Lipinski definition) is 8. The van der Waals surface area contributed by atoms with Gasteiger partial charge in [-0.1, -0.05) is 0 Å². The predicted octanol–water partition coefficient (Wildman–Crippen LogP) is 3.65. The van der Waals surface area contributed by atoms with Crippen molar-refractivity contribution in [1.82, 2.24) is 15.3 Å². The molecule has 0 unspecified atom stereocenters.